The van der Waals surface area contributed by atoms with Gasteiger partial charge in [-0.1, -0.05) is 12.1 Å². The van der Waals surface area contributed by atoms with Crippen LogP contribution in [0.15, 0.2) is 47.7 Å². The summed E-state index contributed by atoms with van der Waals surface area (Å²) in [6.07, 6.45) is 4.69. The predicted molar refractivity (Wildman–Crippen MR) is 111 cm³/mol. The molecule has 1 unspecified atom stereocenters. The van der Waals surface area contributed by atoms with Gasteiger partial charge in [0, 0.05) is 58.2 Å². The van der Waals surface area contributed by atoms with E-state index in [4.69, 9.17) is 0 Å². The van der Waals surface area contributed by atoms with Crippen molar-refractivity contribution in [1.29, 1.82) is 0 Å². The van der Waals surface area contributed by atoms with Crippen molar-refractivity contribution in [2.75, 3.05) is 53.9 Å². The molecule has 146 valence electrons. The Morgan fingerprint density at radius 2 is 2.00 bits per heavy atom. The predicted octanol–water partition coefficient (Wildman–Crippen LogP) is 0.826. The van der Waals surface area contributed by atoms with E-state index in [0.717, 1.165) is 50.8 Å². The van der Waals surface area contributed by atoms with Crippen LogP contribution in [0.25, 0.3) is 5.69 Å². The third-order valence-corrected chi connectivity index (χ3v) is 5.12. The molecule has 1 atom stereocenters. The Bertz CT molecular complexity index is 708. The number of aliphatic imine (C=N–C) groups is 1. The van der Waals surface area contributed by atoms with E-state index in [2.05, 4.69) is 68.9 Å². The zero-order valence-electron chi connectivity index (χ0n) is 16.6. The Kier molecular flexibility index (Phi) is 6.84. The van der Waals surface area contributed by atoms with Gasteiger partial charge in [0.15, 0.2) is 5.96 Å². The highest BCUT2D eigenvalue weighted by atomic mass is 15.3. The minimum Gasteiger partial charge on any atom is -0.356 e. The van der Waals surface area contributed by atoms with E-state index in [1.54, 1.807) is 6.20 Å². The van der Waals surface area contributed by atoms with E-state index < -0.39 is 0 Å². The van der Waals surface area contributed by atoms with E-state index in [0.29, 0.717) is 6.04 Å². The lowest BCUT2D eigenvalue weighted by molar-refractivity contribution is 0.116. The molecule has 1 fully saturated rings. The molecule has 0 saturated carbocycles. The van der Waals surface area contributed by atoms with Gasteiger partial charge < -0.3 is 15.5 Å². The maximum absolute atomic E-state index is 4.35. The molecule has 27 heavy (non-hydrogen) atoms. The summed E-state index contributed by atoms with van der Waals surface area (Å²) in [4.78, 5) is 9.15. The highest BCUT2D eigenvalue weighted by Gasteiger charge is 2.21. The summed E-state index contributed by atoms with van der Waals surface area (Å²) in [7, 11) is 6.21. The summed E-state index contributed by atoms with van der Waals surface area (Å²) in [5, 5.41) is 11.1. The second-order valence-corrected chi connectivity index (χ2v) is 7.14. The molecule has 0 bridgehead atoms. The first kappa shape index (κ1) is 19.4. The highest BCUT2D eigenvalue weighted by Crippen LogP contribution is 2.09. The van der Waals surface area contributed by atoms with Gasteiger partial charge in [-0.05, 0) is 44.3 Å². The third-order valence-electron chi connectivity index (χ3n) is 5.12. The van der Waals surface area contributed by atoms with Crippen LogP contribution in [-0.2, 0) is 6.42 Å². The molecule has 1 saturated heterocycles. The number of rotatable bonds is 6. The SMILES string of the molecule is CN=C(NCCc1ccc(-n2cccn2)cc1)NCC1CN(C)CCN1C. The molecule has 0 aliphatic carbocycles. The van der Waals surface area contributed by atoms with Crippen molar-refractivity contribution in [3.8, 4) is 5.69 Å². The first-order valence-corrected chi connectivity index (χ1v) is 9.58. The van der Waals surface area contributed by atoms with Crippen molar-refractivity contribution < 1.29 is 0 Å². The maximum atomic E-state index is 4.35. The number of aromatic nitrogens is 2. The number of hydrogen-bond donors (Lipinski definition) is 2. The summed E-state index contributed by atoms with van der Waals surface area (Å²) in [5.74, 6) is 0.866. The molecule has 1 aromatic heterocycles. The molecule has 1 aliphatic heterocycles. The van der Waals surface area contributed by atoms with E-state index in [1.807, 2.05) is 24.0 Å². The Hall–Kier alpha value is -2.38. The minimum atomic E-state index is 0.511. The van der Waals surface area contributed by atoms with Crippen LogP contribution < -0.4 is 10.6 Å². The Labute approximate surface area is 162 Å². The summed E-state index contributed by atoms with van der Waals surface area (Å²) >= 11 is 0. The van der Waals surface area contributed by atoms with Crippen LogP contribution in [0.2, 0.25) is 0 Å². The third kappa shape index (κ3) is 5.55. The van der Waals surface area contributed by atoms with Crippen LogP contribution in [0.1, 0.15) is 5.56 Å². The molecular weight excluding hydrogens is 338 g/mol. The molecule has 0 radical (unpaired) electrons. The lowest BCUT2D eigenvalue weighted by atomic mass is 10.1. The fourth-order valence-corrected chi connectivity index (χ4v) is 3.32. The van der Waals surface area contributed by atoms with Crippen molar-refractivity contribution in [2.24, 2.45) is 4.99 Å². The molecule has 7 heteroatoms. The molecule has 0 amide bonds. The van der Waals surface area contributed by atoms with Crippen molar-refractivity contribution in [2.45, 2.75) is 12.5 Å². The first-order chi connectivity index (χ1) is 13.2. The quantitative estimate of drug-likeness (QED) is 0.583. The number of benzene rings is 1. The van der Waals surface area contributed by atoms with Gasteiger partial charge in [0.1, 0.15) is 0 Å². The number of likely N-dealkylation sites (N-methyl/N-ethyl adjacent to an activating group) is 2. The van der Waals surface area contributed by atoms with Crippen molar-refractivity contribution in [3.05, 3.63) is 48.3 Å². The molecule has 1 aliphatic rings. The van der Waals surface area contributed by atoms with Gasteiger partial charge in [-0.3, -0.25) is 9.89 Å². The Balaban J connectivity index is 1.42. The summed E-state index contributed by atoms with van der Waals surface area (Å²) in [5.41, 5.74) is 2.37. The van der Waals surface area contributed by atoms with Crippen LogP contribution in [0, 0.1) is 0 Å². The Morgan fingerprint density at radius 1 is 1.19 bits per heavy atom. The van der Waals surface area contributed by atoms with Gasteiger partial charge in [0.05, 0.1) is 5.69 Å². The first-order valence-electron chi connectivity index (χ1n) is 9.58. The van der Waals surface area contributed by atoms with Gasteiger partial charge in [0.2, 0.25) is 0 Å². The summed E-state index contributed by atoms with van der Waals surface area (Å²) in [6.45, 7) is 5.09. The van der Waals surface area contributed by atoms with Crippen molar-refractivity contribution in [1.82, 2.24) is 30.2 Å². The molecule has 7 nitrogen and oxygen atoms in total. The molecule has 1 aromatic carbocycles. The number of guanidine groups is 1. The standard InChI is InChI=1S/C20H31N7/c1-21-20(23-15-19-16-25(2)13-14-26(19)3)22-11-9-17-5-7-18(8-6-17)27-12-4-10-24-27/h4-8,10,12,19H,9,11,13-16H2,1-3H3,(H2,21,22,23). The van der Waals surface area contributed by atoms with E-state index in [9.17, 15) is 0 Å². The van der Waals surface area contributed by atoms with E-state index in [-0.39, 0.29) is 0 Å². The fraction of sp³-hybridized carbons (Fsp3) is 0.500. The number of piperazine rings is 1. The number of nitrogens with one attached hydrogen (secondary N) is 2. The van der Waals surface area contributed by atoms with Crippen LogP contribution in [-0.4, -0.2) is 85.4 Å². The number of nitrogens with zero attached hydrogens (tertiary/aromatic N) is 5. The average molecular weight is 370 g/mol. The molecular formula is C20H31N7. The number of hydrogen-bond acceptors (Lipinski definition) is 4. The molecule has 2 N–H and O–H groups in total. The van der Waals surface area contributed by atoms with Crippen LogP contribution >= 0.6 is 0 Å². The lowest BCUT2D eigenvalue weighted by Crippen LogP contribution is -2.55. The van der Waals surface area contributed by atoms with Gasteiger partial charge >= 0.3 is 0 Å². The van der Waals surface area contributed by atoms with Crippen LogP contribution in [0.5, 0.6) is 0 Å². The minimum absolute atomic E-state index is 0.511. The highest BCUT2D eigenvalue weighted by molar-refractivity contribution is 5.79. The fourth-order valence-electron chi connectivity index (χ4n) is 3.32. The molecule has 2 aromatic rings. The topological polar surface area (TPSA) is 60.7 Å². The zero-order chi connectivity index (χ0) is 19.1. The smallest absolute Gasteiger partial charge is 0.191 e. The molecule has 0 spiro atoms. The molecule has 3 rings (SSSR count). The van der Waals surface area contributed by atoms with Crippen LogP contribution in [0.3, 0.4) is 0 Å². The molecule has 2 heterocycles. The van der Waals surface area contributed by atoms with Gasteiger partial charge in [-0.15, -0.1) is 0 Å². The van der Waals surface area contributed by atoms with Gasteiger partial charge in [-0.25, -0.2) is 4.68 Å². The maximum Gasteiger partial charge on any atom is 0.191 e. The largest absolute Gasteiger partial charge is 0.356 e. The summed E-state index contributed by atoms with van der Waals surface area (Å²) in [6, 6.07) is 11.0. The average Bonchev–Trinajstić information content (AvgIpc) is 3.22. The zero-order valence-corrected chi connectivity index (χ0v) is 16.6. The lowest BCUT2D eigenvalue weighted by Gasteiger charge is -2.37. The van der Waals surface area contributed by atoms with Crippen molar-refractivity contribution in [3.63, 3.8) is 0 Å². The van der Waals surface area contributed by atoms with Gasteiger partial charge in [-0.2, -0.15) is 5.10 Å². The Morgan fingerprint density at radius 3 is 2.70 bits per heavy atom. The second kappa shape index (κ2) is 9.53. The summed E-state index contributed by atoms with van der Waals surface area (Å²) < 4.78 is 1.87. The second-order valence-electron chi connectivity index (χ2n) is 7.14. The monoisotopic (exact) mass is 369 g/mol. The normalized spacial score (nSPS) is 19.2. The van der Waals surface area contributed by atoms with Gasteiger partial charge in [0.25, 0.3) is 0 Å². The van der Waals surface area contributed by atoms with Crippen molar-refractivity contribution >= 4 is 5.96 Å². The van der Waals surface area contributed by atoms with E-state index >= 15 is 0 Å². The van der Waals surface area contributed by atoms with Crippen LogP contribution in [0.4, 0.5) is 0 Å². The van der Waals surface area contributed by atoms with E-state index in [1.165, 1.54) is 5.56 Å².